The highest BCUT2D eigenvalue weighted by molar-refractivity contribution is 9.10. The summed E-state index contributed by atoms with van der Waals surface area (Å²) in [6, 6.07) is 11.2. The second kappa shape index (κ2) is 6.18. The van der Waals surface area contributed by atoms with Gasteiger partial charge in [-0.15, -0.1) is 0 Å². The third-order valence-corrected chi connectivity index (χ3v) is 4.41. The molecule has 4 aromatic rings. The molecule has 0 aliphatic heterocycles. The van der Waals surface area contributed by atoms with Gasteiger partial charge in [-0.1, -0.05) is 15.9 Å². The second-order valence-electron chi connectivity index (χ2n) is 5.55. The Bertz CT molecular complexity index is 1070. The molecule has 6 nitrogen and oxygen atoms in total. The fraction of sp³-hybridized carbons (Fsp3) is 0.0556. The number of H-pyrrole nitrogens is 1. The first-order valence-electron chi connectivity index (χ1n) is 7.57. The summed E-state index contributed by atoms with van der Waals surface area (Å²) in [6.07, 6.45) is 3.40. The highest BCUT2D eigenvalue weighted by atomic mass is 79.9. The molecule has 1 amide bonds. The van der Waals surface area contributed by atoms with E-state index in [4.69, 9.17) is 4.42 Å². The van der Waals surface area contributed by atoms with Crippen LogP contribution in [0, 0.1) is 6.92 Å². The summed E-state index contributed by atoms with van der Waals surface area (Å²) in [5.41, 5.74) is 3.19. The normalized spacial score (nSPS) is 11.0. The van der Waals surface area contributed by atoms with E-state index in [2.05, 4.69) is 36.4 Å². The second-order valence-corrected chi connectivity index (χ2v) is 6.47. The number of amides is 1. The minimum Gasteiger partial charge on any atom is -0.451 e. The first-order chi connectivity index (χ1) is 12.1. The SMILES string of the molecule is Cc1c(C(=O)Nc2cc(-c3ccncc3)[nH]n2)oc2cc(Br)ccc12. The molecule has 0 radical (unpaired) electrons. The Kier molecular flexibility index (Phi) is 3.85. The first-order valence-corrected chi connectivity index (χ1v) is 8.37. The van der Waals surface area contributed by atoms with Crippen LogP contribution in [0.1, 0.15) is 16.1 Å². The molecule has 0 saturated heterocycles. The topological polar surface area (TPSA) is 83.8 Å². The number of fused-ring (bicyclic) bond motifs is 1. The van der Waals surface area contributed by atoms with Gasteiger partial charge in [0, 0.05) is 39.4 Å². The van der Waals surface area contributed by atoms with Crippen LogP contribution in [-0.2, 0) is 0 Å². The number of aryl methyl sites for hydroxylation is 1. The fourth-order valence-electron chi connectivity index (χ4n) is 2.65. The van der Waals surface area contributed by atoms with Crippen molar-refractivity contribution in [1.82, 2.24) is 15.2 Å². The molecule has 0 spiro atoms. The number of nitrogens with one attached hydrogen (secondary N) is 2. The van der Waals surface area contributed by atoms with Crippen LogP contribution in [0.2, 0.25) is 0 Å². The number of aromatic amines is 1. The van der Waals surface area contributed by atoms with E-state index in [0.29, 0.717) is 11.4 Å². The van der Waals surface area contributed by atoms with Crippen LogP contribution >= 0.6 is 15.9 Å². The third-order valence-electron chi connectivity index (χ3n) is 3.92. The van der Waals surface area contributed by atoms with E-state index in [0.717, 1.165) is 26.7 Å². The van der Waals surface area contributed by atoms with Crippen LogP contribution in [0.5, 0.6) is 0 Å². The first kappa shape index (κ1) is 15.6. The summed E-state index contributed by atoms with van der Waals surface area (Å²) in [6.45, 7) is 1.86. The number of benzene rings is 1. The predicted octanol–water partition coefficient (Wildman–Crippen LogP) is 4.54. The third kappa shape index (κ3) is 2.94. The molecule has 124 valence electrons. The van der Waals surface area contributed by atoms with Crippen molar-refractivity contribution in [2.24, 2.45) is 0 Å². The van der Waals surface area contributed by atoms with E-state index < -0.39 is 0 Å². The molecule has 0 bridgehead atoms. The van der Waals surface area contributed by atoms with Gasteiger partial charge in [-0.25, -0.2) is 0 Å². The van der Waals surface area contributed by atoms with Gasteiger partial charge in [-0.2, -0.15) is 5.10 Å². The molecule has 0 fully saturated rings. The van der Waals surface area contributed by atoms with Gasteiger partial charge in [0.1, 0.15) is 5.58 Å². The number of halogens is 1. The maximum Gasteiger partial charge on any atom is 0.292 e. The standard InChI is InChI=1S/C18H13BrN4O2/c1-10-13-3-2-12(19)8-15(13)25-17(10)18(24)21-16-9-14(22-23-16)11-4-6-20-7-5-11/h2-9H,1H3,(H2,21,22,23,24). The number of hydrogen-bond donors (Lipinski definition) is 2. The molecule has 0 atom stereocenters. The Labute approximate surface area is 151 Å². The summed E-state index contributed by atoms with van der Waals surface area (Å²) < 4.78 is 6.61. The lowest BCUT2D eigenvalue weighted by atomic mass is 10.1. The van der Waals surface area contributed by atoms with E-state index in [1.54, 1.807) is 18.5 Å². The van der Waals surface area contributed by atoms with Crippen molar-refractivity contribution in [3.05, 3.63) is 64.6 Å². The van der Waals surface area contributed by atoms with Gasteiger partial charge < -0.3 is 9.73 Å². The average molecular weight is 397 g/mol. The minimum absolute atomic E-state index is 0.279. The Balaban J connectivity index is 1.60. The van der Waals surface area contributed by atoms with Crippen LogP contribution in [0.4, 0.5) is 5.82 Å². The maximum atomic E-state index is 12.6. The molecule has 25 heavy (non-hydrogen) atoms. The lowest BCUT2D eigenvalue weighted by Crippen LogP contribution is -2.12. The summed E-state index contributed by atoms with van der Waals surface area (Å²) in [5, 5.41) is 10.7. The van der Waals surface area contributed by atoms with Crippen LogP contribution in [-0.4, -0.2) is 21.1 Å². The van der Waals surface area contributed by atoms with Gasteiger partial charge in [0.2, 0.25) is 0 Å². The smallest absolute Gasteiger partial charge is 0.292 e. The minimum atomic E-state index is -0.336. The van der Waals surface area contributed by atoms with Gasteiger partial charge >= 0.3 is 0 Å². The molecule has 3 aromatic heterocycles. The molecule has 1 aromatic carbocycles. The Hall–Kier alpha value is -2.93. The molecule has 0 aliphatic carbocycles. The lowest BCUT2D eigenvalue weighted by Gasteiger charge is -1.99. The van der Waals surface area contributed by atoms with Gasteiger partial charge in [0.05, 0.1) is 5.69 Å². The molecule has 7 heteroatoms. The Morgan fingerprint density at radius 3 is 2.80 bits per heavy atom. The van der Waals surface area contributed by atoms with Crippen molar-refractivity contribution in [2.45, 2.75) is 6.92 Å². The molecule has 2 N–H and O–H groups in total. The molecular weight excluding hydrogens is 384 g/mol. The van der Waals surface area contributed by atoms with E-state index in [-0.39, 0.29) is 11.7 Å². The number of carbonyl (C=O) groups excluding carboxylic acids is 1. The van der Waals surface area contributed by atoms with Gasteiger partial charge in [-0.05, 0) is 37.3 Å². The molecule has 0 aliphatic rings. The number of nitrogens with zero attached hydrogens (tertiary/aromatic N) is 2. The largest absolute Gasteiger partial charge is 0.451 e. The quantitative estimate of drug-likeness (QED) is 0.532. The molecule has 0 saturated carbocycles. The molecule has 4 rings (SSSR count). The van der Waals surface area contributed by atoms with Crippen molar-refractivity contribution < 1.29 is 9.21 Å². The lowest BCUT2D eigenvalue weighted by molar-refractivity contribution is 0.0997. The summed E-state index contributed by atoms with van der Waals surface area (Å²) >= 11 is 3.40. The van der Waals surface area contributed by atoms with Gasteiger partial charge in [-0.3, -0.25) is 14.9 Å². The monoisotopic (exact) mass is 396 g/mol. The highest BCUT2D eigenvalue weighted by Gasteiger charge is 2.19. The van der Waals surface area contributed by atoms with Crippen LogP contribution in [0.3, 0.4) is 0 Å². The van der Waals surface area contributed by atoms with Crippen LogP contribution in [0.15, 0.2) is 57.7 Å². The van der Waals surface area contributed by atoms with Crippen LogP contribution < -0.4 is 5.32 Å². The zero-order chi connectivity index (χ0) is 17.4. The zero-order valence-corrected chi connectivity index (χ0v) is 14.8. The predicted molar refractivity (Wildman–Crippen MR) is 98.4 cm³/mol. The van der Waals surface area contributed by atoms with Crippen molar-refractivity contribution >= 4 is 38.6 Å². The molecule has 0 unspecified atom stereocenters. The van der Waals surface area contributed by atoms with E-state index in [9.17, 15) is 4.79 Å². The summed E-state index contributed by atoms with van der Waals surface area (Å²) in [4.78, 5) is 16.5. The fourth-order valence-corrected chi connectivity index (χ4v) is 2.99. The number of anilines is 1. The number of pyridine rings is 1. The number of carbonyl (C=O) groups is 1. The number of hydrogen-bond acceptors (Lipinski definition) is 4. The summed E-state index contributed by atoms with van der Waals surface area (Å²) in [5.74, 6) is 0.372. The highest BCUT2D eigenvalue weighted by Crippen LogP contribution is 2.28. The number of furan rings is 1. The van der Waals surface area contributed by atoms with Gasteiger partial charge in [0.25, 0.3) is 5.91 Å². The van der Waals surface area contributed by atoms with Crippen molar-refractivity contribution in [2.75, 3.05) is 5.32 Å². The van der Waals surface area contributed by atoms with Crippen molar-refractivity contribution in [1.29, 1.82) is 0 Å². The summed E-state index contributed by atoms with van der Waals surface area (Å²) in [7, 11) is 0. The zero-order valence-electron chi connectivity index (χ0n) is 13.2. The maximum absolute atomic E-state index is 12.6. The Morgan fingerprint density at radius 2 is 2.00 bits per heavy atom. The van der Waals surface area contributed by atoms with E-state index in [1.807, 2.05) is 37.3 Å². The van der Waals surface area contributed by atoms with E-state index >= 15 is 0 Å². The average Bonchev–Trinajstić information content (AvgIpc) is 3.20. The van der Waals surface area contributed by atoms with Crippen molar-refractivity contribution in [3.8, 4) is 11.3 Å². The number of aromatic nitrogens is 3. The van der Waals surface area contributed by atoms with Crippen LogP contribution in [0.25, 0.3) is 22.2 Å². The van der Waals surface area contributed by atoms with E-state index in [1.165, 1.54) is 0 Å². The van der Waals surface area contributed by atoms with Gasteiger partial charge in [0.15, 0.2) is 11.6 Å². The molecule has 3 heterocycles. The Morgan fingerprint density at radius 1 is 1.20 bits per heavy atom. The van der Waals surface area contributed by atoms with Crippen molar-refractivity contribution in [3.63, 3.8) is 0 Å². The molecular formula is C18H13BrN4O2. The number of rotatable bonds is 3.